The van der Waals surface area contributed by atoms with Crippen LogP contribution in [0.3, 0.4) is 0 Å². The topological polar surface area (TPSA) is 29.9 Å². The highest BCUT2D eigenvalue weighted by atomic mass is 15.3. The summed E-state index contributed by atoms with van der Waals surface area (Å²) in [6.45, 7) is 2.26. The Balaban J connectivity index is 2.19. The van der Waals surface area contributed by atoms with Crippen molar-refractivity contribution in [1.29, 1.82) is 0 Å². The lowest BCUT2D eigenvalue weighted by Gasteiger charge is -2.13. The van der Waals surface area contributed by atoms with E-state index in [0.717, 1.165) is 0 Å². The van der Waals surface area contributed by atoms with Crippen LogP contribution < -0.4 is 5.32 Å². The van der Waals surface area contributed by atoms with Gasteiger partial charge in [-0.05, 0) is 19.5 Å². The van der Waals surface area contributed by atoms with Crippen molar-refractivity contribution in [3.8, 4) is 0 Å². The van der Waals surface area contributed by atoms with Gasteiger partial charge in [-0.3, -0.25) is 4.68 Å². The maximum Gasteiger partial charge on any atom is 0.0793 e. The minimum Gasteiger partial charge on any atom is -0.312 e. The van der Waals surface area contributed by atoms with E-state index in [1.807, 2.05) is 25.0 Å². The molecule has 17 heavy (non-hydrogen) atoms. The van der Waals surface area contributed by atoms with Gasteiger partial charge < -0.3 is 5.32 Å². The molecule has 0 aliphatic carbocycles. The van der Waals surface area contributed by atoms with Crippen LogP contribution in [-0.2, 0) is 7.05 Å². The highest BCUT2D eigenvalue weighted by molar-refractivity contribution is 5.04. The molecule has 1 heterocycles. The minimum absolute atomic E-state index is 0.419. The molecule has 0 bridgehead atoms. The second kappa shape index (κ2) is 8.29. The summed E-state index contributed by atoms with van der Waals surface area (Å²) >= 11 is 0. The molecular formula is C14H27N3. The van der Waals surface area contributed by atoms with Crippen LogP contribution in [0.5, 0.6) is 0 Å². The molecule has 1 rings (SSSR count). The van der Waals surface area contributed by atoms with Gasteiger partial charge in [0.2, 0.25) is 0 Å². The summed E-state index contributed by atoms with van der Waals surface area (Å²) in [7, 11) is 4.00. The van der Waals surface area contributed by atoms with Crippen LogP contribution >= 0.6 is 0 Å². The molecule has 1 N–H and O–H groups in total. The molecule has 1 atom stereocenters. The van der Waals surface area contributed by atoms with Gasteiger partial charge in [0.15, 0.2) is 0 Å². The number of hydrogen-bond acceptors (Lipinski definition) is 2. The normalized spacial score (nSPS) is 12.9. The molecule has 0 aliphatic rings. The molecule has 0 radical (unpaired) electrons. The molecule has 0 amide bonds. The SMILES string of the molecule is CCCCCCCCC(NC)c1ccn(C)n1. The molecule has 0 spiro atoms. The van der Waals surface area contributed by atoms with Crippen LogP contribution in [0.2, 0.25) is 0 Å². The van der Waals surface area contributed by atoms with E-state index < -0.39 is 0 Å². The van der Waals surface area contributed by atoms with Gasteiger partial charge in [-0.25, -0.2) is 0 Å². The summed E-state index contributed by atoms with van der Waals surface area (Å²) in [6.07, 6.45) is 11.3. The fourth-order valence-corrected chi connectivity index (χ4v) is 2.19. The van der Waals surface area contributed by atoms with E-state index in [1.165, 1.54) is 50.6 Å². The van der Waals surface area contributed by atoms with Crippen LogP contribution in [0.15, 0.2) is 12.3 Å². The Morgan fingerprint density at radius 1 is 1.24 bits per heavy atom. The average molecular weight is 237 g/mol. The maximum absolute atomic E-state index is 4.46. The lowest BCUT2D eigenvalue weighted by Crippen LogP contribution is -2.17. The molecule has 98 valence electrons. The summed E-state index contributed by atoms with van der Waals surface area (Å²) in [5.74, 6) is 0. The first-order valence-corrected chi connectivity index (χ1v) is 6.94. The summed E-state index contributed by atoms with van der Waals surface area (Å²) < 4.78 is 1.88. The smallest absolute Gasteiger partial charge is 0.0793 e. The van der Waals surface area contributed by atoms with E-state index in [0.29, 0.717) is 6.04 Å². The number of nitrogens with one attached hydrogen (secondary N) is 1. The summed E-state index contributed by atoms with van der Waals surface area (Å²) in [5.41, 5.74) is 1.17. The van der Waals surface area contributed by atoms with Gasteiger partial charge in [-0.2, -0.15) is 5.10 Å². The summed E-state index contributed by atoms with van der Waals surface area (Å²) in [4.78, 5) is 0. The maximum atomic E-state index is 4.46. The van der Waals surface area contributed by atoms with Crippen LogP contribution in [-0.4, -0.2) is 16.8 Å². The minimum atomic E-state index is 0.419. The molecular weight excluding hydrogens is 210 g/mol. The van der Waals surface area contributed by atoms with Crippen LogP contribution in [0.25, 0.3) is 0 Å². The van der Waals surface area contributed by atoms with Crippen LogP contribution in [0.4, 0.5) is 0 Å². The Kier molecular flexibility index (Phi) is 6.94. The number of unbranched alkanes of at least 4 members (excludes halogenated alkanes) is 5. The molecule has 3 heteroatoms. The van der Waals surface area contributed by atoms with Crippen molar-refractivity contribution in [1.82, 2.24) is 15.1 Å². The molecule has 0 aromatic carbocycles. The van der Waals surface area contributed by atoms with Crippen molar-refractivity contribution in [3.63, 3.8) is 0 Å². The lowest BCUT2D eigenvalue weighted by molar-refractivity contribution is 0.484. The highest BCUT2D eigenvalue weighted by Gasteiger charge is 2.10. The zero-order chi connectivity index (χ0) is 12.5. The monoisotopic (exact) mass is 237 g/mol. The number of rotatable bonds is 9. The zero-order valence-corrected chi connectivity index (χ0v) is 11.6. The largest absolute Gasteiger partial charge is 0.312 e. The summed E-state index contributed by atoms with van der Waals surface area (Å²) in [6, 6.07) is 2.53. The van der Waals surface area contributed by atoms with Crippen molar-refractivity contribution in [2.24, 2.45) is 7.05 Å². The van der Waals surface area contributed by atoms with Gasteiger partial charge in [-0.1, -0.05) is 45.4 Å². The third-order valence-electron chi connectivity index (χ3n) is 3.29. The average Bonchev–Trinajstić information content (AvgIpc) is 2.75. The molecule has 1 aromatic rings. The molecule has 0 saturated heterocycles. The molecule has 3 nitrogen and oxygen atoms in total. The van der Waals surface area contributed by atoms with Crippen LogP contribution in [0.1, 0.15) is 63.6 Å². The summed E-state index contributed by atoms with van der Waals surface area (Å²) in [5, 5.41) is 7.82. The number of aromatic nitrogens is 2. The fourth-order valence-electron chi connectivity index (χ4n) is 2.19. The second-order valence-corrected chi connectivity index (χ2v) is 4.81. The molecule has 1 unspecified atom stereocenters. The Bertz CT molecular complexity index is 293. The number of aryl methyl sites for hydroxylation is 1. The predicted molar refractivity (Wildman–Crippen MR) is 73.0 cm³/mol. The Morgan fingerprint density at radius 3 is 2.53 bits per heavy atom. The third-order valence-corrected chi connectivity index (χ3v) is 3.29. The second-order valence-electron chi connectivity index (χ2n) is 4.81. The Hall–Kier alpha value is -0.830. The van der Waals surface area contributed by atoms with E-state index in [9.17, 15) is 0 Å². The van der Waals surface area contributed by atoms with Crippen molar-refractivity contribution in [2.75, 3.05) is 7.05 Å². The Labute approximate surface area is 106 Å². The molecule has 0 fully saturated rings. The third kappa shape index (κ3) is 5.35. The van der Waals surface area contributed by atoms with Crippen molar-refractivity contribution >= 4 is 0 Å². The van der Waals surface area contributed by atoms with Gasteiger partial charge in [0.1, 0.15) is 0 Å². The van der Waals surface area contributed by atoms with Crippen LogP contribution in [0, 0.1) is 0 Å². The van der Waals surface area contributed by atoms with E-state index in [-0.39, 0.29) is 0 Å². The first-order valence-electron chi connectivity index (χ1n) is 6.94. The lowest BCUT2D eigenvalue weighted by atomic mass is 10.0. The van der Waals surface area contributed by atoms with E-state index in [2.05, 4.69) is 23.4 Å². The quantitative estimate of drug-likeness (QED) is 0.667. The van der Waals surface area contributed by atoms with Gasteiger partial charge in [0.25, 0.3) is 0 Å². The highest BCUT2D eigenvalue weighted by Crippen LogP contribution is 2.18. The van der Waals surface area contributed by atoms with E-state index in [1.54, 1.807) is 0 Å². The van der Waals surface area contributed by atoms with Crippen molar-refractivity contribution in [2.45, 2.75) is 57.9 Å². The fraction of sp³-hybridized carbons (Fsp3) is 0.786. The standard InChI is InChI=1S/C14H27N3/c1-4-5-6-7-8-9-10-13(15-2)14-11-12-17(3)16-14/h11-13,15H,4-10H2,1-3H3. The Morgan fingerprint density at radius 2 is 1.94 bits per heavy atom. The molecule has 0 aliphatic heterocycles. The zero-order valence-electron chi connectivity index (χ0n) is 11.6. The van der Waals surface area contributed by atoms with Crippen molar-refractivity contribution in [3.05, 3.63) is 18.0 Å². The van der Waals surface area contributed by atoms with Crippen molar-refractivity contribution < 1.29 is 0 Å². The van der Waals surface area contributed by atoms with E-state index in [4.69, 9.17) is 0 Å². The van der Waals surface area contributed by atoms with Gasteiger partial charge in [-0.15, -0.1) is 0 Å². The van der Waals surface area contributed by atoms with Gasteiger partial charge in [0.05, 0.1) is 11.7 Å². The first-order chi connectivity index (χ1) is 8.27. The molecule has 1 aromatic heterocycles. The van der Waals surface area contributed by atoms with Gasteiger partial charge in [0, 0.05) is 13.2 Å². The number of nitrogens with zero attached hydrogens (tertiary/aromatic N) is 2. The first kappa shape index (κ1) is 14.2. The van der Waals surface area contributed by atoms with E-state index >= 15 is 0 Å². The van der Waals surface area contributed by atoms with Gasteiger partial charge >= 0.3 is 0 Å². The predicted octanol–water partition coefficient (Wildman–Crippen LogP) is 3.43. The molecule has 0 saturated carbocycles. The number of hydrogen-bond donors (Lipinski definition) is 1.